The number of halogens is 1. The lowest BCUT2D eigenvalue weighted by atomic mass is 9.98. The molecule has 0 radical (unpaired) electrons. The van der Waals surface area contributed by atoms with Crippen LogP contribution in [0.4, 0.5) is 0 Å². The van der Waals surface area contributed by atoms with Crippen molar-refractivity contribution >= 4 is 23.2 Å². The highest BCUT2D eigenvalue weighted by Gasteiger charge is 2.21. The molecule has 1 N–H and O–H groups in total. The second-order valence-corrected chi connectivity index (χ2v) is 5.45. The third-order valence-corrected chi connectivity index (χ3v) is 3.88. The van der Waals surface area contributed by atoms with Gasteiger partial charge in [0.15, 0.2) is 0 Å². The molecule has 0 saturated heterocycles. The Labute approximate surface area is 138 Å². The van der Waals surface area contributed by atoms with E-state index in [2.05, 4.69) is 13.8 Å². The van der Waals surface area contributed by atoms with Crippen molar-refractivity contribution in [1.29, 1.82) is 0 Å². The summed E-state index contributed by atoms with van der Waals surface area (Å²) in [4.78, 5) is 13.9. The summed E-state index contributed by atoms with van der Waals surface area (Å²) in [6.07, 6.45) is 4.02. The van der Waals surface area contributed by atoms with E-state index in [0.29, 0.717) is 0 Å². The molecule has 0 bridgehead atoms. The van der Waals surface area contributed by atoms with E-state index in [1.54, 1.807) is 4.90 Å². The fraction of sp³-hybridized carbons (Fsp3) is 0.500. The van der Waals surface area contributed by atoms with Crippen LogP contribution in [0.15, 0.2) is 35.9 Å². The minimum absolute atomic E-state index is 0.0796. The molecule has 1 aromatic carbocycles. The number of unbranched alkanes of at least 4 members (excludes halogenated alkanes) is 1. The Morgan fingerprint density at radius 2 is 1.91 bits per heavy atom. The molecule has 122 valence electrons. The Hall–Kier alpha value is -1.32. The number of aliphatic hydroxyl groups is 1. The van der Waals surface area contributed by atoms with Crippen LogP contribution in [0, 0.1) is 0 Å². The van der Waals surface area contributed by atoms with Crippen LogP contribution in [-0.4, -0.2) is 34.9 Å². The average molecular weight is 324 g/mol. The van der Waals surface area contributed by atoms with Crippen LogP contribution in [-0.2, 0) is 4.79 Å². The first-order chi connectivity index (χ1) is 10.7. The zero-order valence-electron chi connectivity index (χ0n) is 13.5. The van der Waals surface area contributed by atoms with Crippen LogP contribution >= 0.6 is 11.6 Å². The van der Waals surface area contributed by atoms with Gasteiger partial charge < -0.3 is 10.0 Å². The first kappa shape index (κ1) is 18.7. The minimum atomic E-state index is -0.169. The molecule has 0 aliphatic rings. The number of benzene rings is 1. The van der Waals surface area contributed by atoms with Gasteiger partial charge in [-0.05, 0) is 30.4 Å². The molecule has 0 atom stereocenters. The van der Waals surface area contributed by atoms with Crippen molar-refractivity contribution in [3.05, 3.63) is 41.5 Å². The van der Waals surface area contributed by atoms with Gasteiger partial charge in [0.25, 0.3) is 0 Å². The average Bonchev–Trinajstić information content (AvgIpc) is 2.57. The van der Waals surface area contributed by atoms with Gasteiger partial charge in [0.1, 0.15) is 5.88 Å². The van der Waals surface area contributed by atoms with Crippen LogP contribution in [0.3, 0.4) is 0 Å². The predicted molar refractivity (Wildman–Crippen MR) is 92.7 cm³/mol. The Balaban J connectivity index is 3.35. The summed E-state index contributed by atoms with van der Waals surface area (Å²) < 4.78 is 0. The van der Waals surface area contributed by atoms with Gasteiger partial charge in [-0.3, -0.25) is 4.79 Å². The minimum Gasteiger partial charge on any atom is -0.395 e. The van der Waals surface area contributed by atoms with Gasteiger partial charge in [0.2, 0.25) is 5.91 Å². The summed E-state index contributed by atoms with van der Waals surface area (Å²) in [6, 6.07) is 9.89. The van der Waals surface area contributed by atoms with Crippen molar-refractivity contribution in [2.45, 2.75) is 39.5 Å². The molecular formula is C18H26ClNO2. The second kappa shape index (κ2) is 10.4. The van der Waals surface area contributed by atoms with Gasteiger partial charge in [0, 0.05) is 6.54 Å². The molecule has 0 unspecified atom stereocenters. The summed E-state index contributed by atoms with van der Waals surface area (Å²) >= 11 is 5.77. The number of allylic oxidation sites excluding steroid dienone is 1. The number of alkyl halides is 1. The fourth-order valence-electron chi connectivity index (χ4n) is 2.53. The molecule has 1 aromatic rings. The normalized spacial score (nSPS) is 12.0. The summed E-state index contributed by atoms with van der Waals surface area (Å²) in [6.45, 7) is 4.45. The molecule has 0 heterocycles. The molecule has 0 aliphatic heterocycles. The van der Waals surface area contributed by atoms with Crippen molar-refractivity contribution in [3.8, 4) is 0 Å². The molecule has 22 heavy (non-hydrogen) atoms. The fourth-order valence-corrected chi connectivity index (χ4v) is 2.68. The Bertz CT molecular complexity index is 485. The van der Waals surface area contributed by atoms with E-state index in [1.165, 1.54) is 5.57 Å². The topological polar surface area (TPSA) is 40.5 Å². The number of hydrogen-bond acceptors (Lipinski definition) is 2. The van der Waals surface area contributed by atoms with E-state index in [0.717, 1.165) is 36.9 Å². The van der Waals surface area contributed by atoms with E-state index >= 15 is 0 Å². The third-order valence-electron chi connectivity index (χ3n) is 3.65. The lowest BCUT2D eigenvalue weighted by Gasteiger charge is -2.27. The Morgan fingerprint density at radius 1 is 1.23 bits per heavy atom. The number of rotatable bonds is 9. The van der Waals surface area contributed by atoms with Gasteiger partial charge in [-0.25, -0.2) is 0 Å². The Morgan fingerprint density at radius 3 is 2.41 bits per heavy atom. The Kier molecular flexibility index (Phi) is 8.86. The molecule has 0 saturated carbocycles. The molecule has 0 aromatic heterocycles. The zero-order valence-corrected chi connectivity index (χ0v) is 14.3. The van der Waals surface area contributed by atoms with Crippen LogP contribution in [0.2, 0.25) is 0 Å². The molecular weight excluding hydrogens is 298 g/mol. The molecule has 0 aliphatic carbocycles. The van der Waals surface area contributed by atoms with Crippen molar-refractivity contribution in [2.24, 2.45) is 0 Å². The monoisotopic (exact) mass is 323 g/mol. The maximum atomic E-state index is 12.3. The lowest BCUT2D eigenvalue weighted by Crippen LogP contribution is -2.34. The van der Waals surface area contributed by atoms with Gasteiger partial charge in [0.05, 0.1) is 12.3 Å². The number of carbonyl (C=O) groups is 1. The molecule has 0 spiro atoms. The number of amides is 1. The first-order valence-electron chi connectivity index (χ1n) is 7.94. The van der Waals surface area contributed by atoms with Crippen molar-refractivity contribution in [3.63, 3.8) is 0 Å². The van der Waals surface area contributed by atoms with E-state index in [9.17, 15) is 9.90 Å². The predicted octanol–water partition coefficient (Wildman–Crippen LogP) is 4.06. The van der Waals surface area contributed by atoms with Gasteiger partial charge >= 0.3 is 0 Å². The molecule has 3 nitrogen and oxygen atoms in total. The van der Waals surface area contributed by atoms with Crippen molar-refractivity contribution in [1.82, 2.24) is 4.90 Å². The number of carbonyl (C=O) groups excluding carboxylic acids is 1. The van der Waals surface area contributed by atoms with Crippen LogP contribution in [0.1, 0.15) is 45.1 Å². The van der Waals surface area contributed by atoms with Gasteiger partial charge in [-0.2, -0.15) is 0 Å². The van der Waals surface area contributed by atoms with E-state index in [4.69, 9.17) is 11.6 Å². The smallest absolute Gasteiger partial charge is 0.242 e. The maximum Gasteiger partial charge on any atom is 0.242 e. The lowest BCUT2D eigenvalue weighted by molar-refractivity contribution is -0.125. The standard InChI is InChI=1S/C18H26ClNO2/c1-3-5-9-15(4-2)18(16-10-7-6-8-11-16)20(12-13-21)17(22)14-19/h6-8,10-11,21H,3-5,9,12-14H2,1-2H3. The van der Waals surface area contributed by atoms with E-state index in [-0.39, 0.29) is 24.9 Å². The van der Waals surface area contributed by atoms with Crippen LogP contribution < -0.4 is 0 Å². The van der Waals surface area contributed by atoms with Crippen LogP contribution in [0.5, 0.6) is 0 Å². The van der Waals surface area contributed by atoms with Crippen molar-refractivity contribution < 1.29 is 9.90 Å². The highest BCUT2D eigenvalue weighted by Crippen LogP contribution is 2.28. The highest BCUT2D eigenvalue weighted by atomic mass is 35.5. The van der Waals surface area contributed by atoms with E-state index in [1.807, 2.05) is 30.3 Å². The van der Waals surface area contributed by atoms with E-state index < -0.39 is 0 Å². The maximum absolute atomic E-state index is 12.3. The molecule has 1 rings (SSSR count). The summed E-state index contributed by atoms with van der Waals surface area (Å²) in [5, 5.41) is 9.35. The molecule has 1 amide bonds. The van der Waals surface area contributed by atoms with Gasteiger partial charge in [-0.15, -0.1) is 11.6 Å². The van der Waals surface area contributed by atoms with Crippen molar-refractivity contribution in [2.75, 3.05) is 19.0 Å². The number of nitrogens with zero attached hydrogens (tertiary/aromatic N) is 1. The molecule has 0 fully saturated rings. The first-order valence-corrected chi connectivity index (χ1v) is 8.47. The highest BCUT2D eigenvalue weighted by molar-refractivity contribution is 6.27. The summed E-state index contributed by atoms with van der Waals surface area (Å²) in [5.41, 5.74) is 3.15. The van der Waals surface area contributed by atoms with Gasteiger partial charge in [-0.1, -0.05) is 50.6 Å². The number of hydrogen-bond donors (Lipinski definition) is 1. The summed E-state index contributed by atoms with van der Waals surface area (Å²) in [5.74, 6) is -0.252. The number of aliphatic hydroxyl groups excluding tert-OH is 1. The SMILES string of the molecule is CCCCC(CC)=C(c1ccccc1)N(CCO)C(=O)CCl. The quantitative estimate of drug-likeness (QED) is 0.696. The van der Waals surface area contributed by atoms with Crippen LogP contribution in [0.25, 0.3) is 5.70 Å². The third kappa shape index (κ3) is 5.15. The largest absolute Gasteiger partial charge is 0.395 e. The molecule has 4 heteroatoms. The summed E-state index contributed by atoms with van der Waals surface area (Å²) in [7, 11) is 0. The zero-order chi connectivity index (χ0) is 16.4. The second-order valence-electron chi connectivity index (χ2n) is 5.18.